The van der Waals surface area contributed by atoms with Gasteiger partial charge in [-0.1, -0.05) is 36.4 Å². The van der Waals surface area contributed by atoms with Gasteiger partial charge in [-0.2, -0.15) is 13.2 Å². The number of likely N-dealkylation sites (tertiary alicyclic amines) is 1. The Kier molecular flexibility index (Phi) is 8.70. The van der Waals surface area contributed by atoms with E-state index in [1.54, 1.807) is 30.3 Å². The lowest BCUT2D eigenvalue weighted by Gasteiger charge is -2.38. The van der Waals surface area contributed by atoms with E-state index in [0.29, 0.717) is 23.8 Å². The number of halogens is 3. The molecular weight excluding hydrogens is 501 g/mol. The van der Waals surface area contributed by atoms with Gasteiger partial charge in [0, 0.05) is 43.7 Å². The normalized spacial score (nSPS) is 16.8. The highest BCUT2D eigenvalue weighted by Crippen LogP contribution is 2.31. The summed E-state index contributed by atoms with van der Waals surface area (Å²) in [6, 6.07) is 12.8. The van der Waals surface area contributed by atoms with E-state index in [-0.39, 0.29) is 49.0 Å². The molecule has 1 aliphatic heterocycles. The number of pyridine rings is 1. The van der Waals surface area contributed by atoms with Crippen LogP contribution in [0.1, 0.15) is 36.5 Å². The Bertz CT molecular complexity index is 1290. The van der Waals surface area contributed by atoms with Crippen LogP contribution in [0.4, 0.5) is 13.2 Å². The number of aliphatic hydroxyl groups excluding tert-OH is 1. The fourth-order valence-corrected chi connectivity index (χ4v) is 4.85. The second-order valence-corrected chi connectivity index (χ2v) is 9.54. The van der Waals surface area contributed by atoms with E-state index in [0.717, 1.165) is 5.56 Å². The molecule has 5 N–H and O–H groups in total. The summed E-state index contributed by atoms with van der Waals surface area (Å²) in [4.78, 5) is 27.8. The molecule has 3 aromatic rings. The summed E-state index contributed by atoms with van der Waals surface area (Å²) in [5, 5.41) is 27.1. The van der Waals surface area contributed by atoms with E-state index in [9.17, 15) is 33.0 Å². The number of phenols is 1. The fourth-order valence-electron chi connectivity index (χ4n) is 4.85. The number of nitrogens with zero attached hydrogens (tertiary/aromatic N) is 1. The van der Waals surface area contributed by atoms with Crippen LogP contribution in [0.5, 0.6) is 5.75 Å². The molecule has 0 saturated carbocycles. The molecule has 1 amide bonds. The predicted octanol–water partition coefficient (Wildman–Crippen LogP) is 2.96. The Morgan fingerprint density at radius 1 is 1.08 bits per heavy atom. The van der Waals surface area contributed by atoms with Gasteiger partial charge in [0.2, 0.25) is 11.5 Å². The van der Waals surface area contributed by atoms with Crippen molar-refractivity contribution in [2.24, 2.45) is 0 Å². The van der Waals surface area contributed by atoms with Crippen LogP contribution >= 0.6 is 0 Å². The molecular formula is C27H31F3N4O4. The topological polar surface area (TPSA) is 118 Å². The molecule has 1 unspecified atom stereocenters. The van der Waals surface area contributed by atoms with Crippen LogP contribution in [-0.4, -0.2) is 63.9 Å². The molecule has 0 radical (unpaired) electrons. The van der Waals surface area contributed by atoms with Crippen molar-refractivity contribution in [1.29, 1.82) is 0 Å². The minimum absolute atomic E-state index is 0.107. The summed E-state index contributed by atoms with van der Waals surface area (Å²) in [6.07, 6.45) is -5.31. The minimum Gasteiger partial charge on any atom is -0.506 e. The molecule has 2 aromatic carbocycles. The van der Waals surface area contributed by atoms with Crippen molar-refractivity contribution < 1.29 is 28.2 Å². The molecule has 1 aromatic heterocycles. The number of aromatic hydroxyl groups is 1. The molecule has 204 valence electrons. The van der Waals surface area contributed by atoms with Crippen molar-refractivity contribution >= 4 is 16.8 Å². The van der Waals surface area contributed by atoms with E-state index in [4.69, 9.17) is 0 Å². The van der Waals surface area contributed by atoms with Crippen LogP contribution in [0.25, 0.3) is 10.9 Å². The maximum atomic E-state index is 13.8. The molecule has 0 aliphatic carbocycles. The van der Waals surface area contributed by atoms with Crippen molar-refractivity contribution in [1.82, 2.24) is 20.5 Å². The number of phenolic OH excluding ortho intramolecular Hbond substituents is 1. The van der Waals surface area contributed by atoms with Crippen molar-refractivity contribution in [2.45, 2.75) is 50.2 Å². The third-order valence-electron chi connectivity index (χ3n) is 6.93. The maximum absolute atomic E-state index is 13.8. The van der Waals surface area contributed by atoms with Crippen molar-refractivity contribution in [3.63, 3.8) is 0 Å². The number of piperidine rings is 1. The molecule has 11 heteroatoms. The summed E-state index contributed by atoms with van der Waals surface area (Å²) in [6.45, 7) is 0.639. The van der Waals surface area contributed by atoms with Crippen molar-refractivity contribution in [3.05, 3.63) is 76.1 Å². The number of alkyl halides is 3. The third-order valence-corrected chi connectivity index (χ3v) is 6.93. The van der Waals surface area contributed by atoms with Crippen LogP contribution in [0.15, 0.2) is 59.4 Å². The molecule has 2 heterocycles. The second-order valence-electron chi connectivity index (χ2n) is 9.54. The number of aromatic nitrogens is 1. The Morgan fingerprint density at radius 3 is 2.47 bits per heavy atom. The van der Waals surface area contributed by atoms with Gasteiger partial charge >= 0.3 is 6.18 Å². The van der Waals surface area contributed by atoms with Gasteiger partial charge in [-0.25, -0.2) is 0 Å². The molecule has 0 bridgehead atoms. The first-order valence-corrected chi connectivity index (χ1v) is 12.5. The lowest BCUT2D eigenvalue weighted by molar-refractivity contribution is -0.190. The highest BCUT2D eigenvalue weighted by Gasteiger charge is 2.45. The predicted molar refractivity (Wildman–Crippen MR) is 137 cm³/mol. The summed E-state index contributed by atoms with van der Waals surface area (Å²) in [5.41, 5.74) is 1.17. The van der Waals surface area contributed by atoms with Crippen LogP contribution in [-0.2, 0) is 11.3 Å². The SMILES string of the molecule is O=C(CC(N1CCC(NC[C@H](O)c2ccc(O)c3[nH]c(=O)ccc23)CC1)C(F)(F)F)NCc1ccccc1. The van der Waals surface area contributed by atoms with Crippen LogP contribution < -0.4 is 16.2 Å². The number of hydrogen-bond donors (Lipinski definition) is 5. The van der Waals surface area contributed by atoms with E-state index >= 15 is 0 Å². The van der Waals surface area contributed by atoms with Gasteiger partial charge in [-0.15, -0.1) is 0 Å². The Balaban J connectivity index is 1.30. The van der Waals surface area contributed by atoms with Gasteiger partial charge in [0.1, 0.15) is 11.8 Å². The van der Waals surface area contributed by atoms with Crippen LogP contribution in [0.2, 0.25) is 0 Å². The number of rotatable bonds is 9. The first kappa shape index (κ1) is 27.6. The number of aromatic amines is 1. The summed E-state index contributed by atoms with van der Waals surface area (Å²) in [5.74, 6) is -0.760. The summed E-state index contributed by atoms with van der Waals surface area (Å²) in [7, 11) is 0. The average molecular weight is 533 g/mol. The van der Waals surface area contributed by atoms with Crippen LogP contribution in [0.3, 0.4) is 0 Å². The van der Waals surface area contributed by atoms with Gasteiger partial charge in [0.05, 0.1) is 18.0 Å². The number of nitrogens with one attached hydrogen (secondary N) is 3. The van der Waals surface area contributed by atoms with Gasteiger partial charge in [0.25, 0.3) is 0 Å². The van der Waals surface area contributed by atoms with E-state index in [1.807, 2.05) is 6.07 Å². The Hall–Kier alpha value is -3.41. The number of H-pyrrole nitrogens is 1. The zero-order valence-corrected chi connectivity index (χ0v) is 20.7. The number of aliphatic hydroxyl groups is 1. The van der Waals surface area contributed by atoms with Gasteiger partial charge < -0.3 is 25.8 Å². The summed E-state index contributed by atoms with van der Waals surface area (Å²) >= 11 is 0. The first-order chi connectivity index (χ1) is 18.1. The fraction of sp³-hybridized carbons (Fsp3) is 0.407. The number of carbonyl (C=O) groups excluding carboxylic acids is 1. The zero-order valence-electron chi connectivity index (χ0n) is 20.7. The Labute approximate surface area is 217 Å². The largest absolute Gasteiger partial charge is 0.506 e. The lowest BCUT2D eigenvalue weighted by Crippen LogP contribution is -2.53. The minimum atomic E-state index is -4.54. The highest BCUT2D eigenvalue weighted by atomic mass is 19.4. The number of hydrogen-bond acceptors (Lipinski definition) is 6. The molecule has 1 saturated heterocycles. The van der Waals surface area contributed by atoms with E-state index in [1.165, 1.54) is 23.1 Å². The number of amides is 1. The molecule has 4 rings (SSSR count). The first-order valence-electron chi connectivity index (χ1n) is 12.5. The lowest BCUT2D eigenvalue weighted by atomic mass is 9.99. The maximum Gasteiger partial charge on any atom is 0.404 e. The number of carbonyl (C=O) groups is 1. The molecule has 1 aliphatic rings. The smallest absolute Gasteiger partial charge is 0.404 e. The standard InChI is InChI=1S/C27H31F3N4O4/c28-27(29,30)23(14-25(38)32-15-17-4-2-1-3-5-17)34-12-10-18(11-13-34)31-16-22(36)19-6-8-21(35)26-20(19)7-9-24(37)33-26/h1-9,18,22-23,31,35-36H,10-16H2,(H,32,38)(H,33,37)/t22-,23?/m0/s1. The highest BCUT2D eigenvalue weighted by molar-refractivity contribution is 5.87. The van der Waals surface area contributed by atoms with Crippen molar-refractivity contribution in [3.8, 4) is 5.75 Å². The monoisotopic (exact) mass is 532 g/mol. The third kappa shape index (κ3) is 6.91. The van der Waals surface area contributed by atoms with Gasteiger partial charge in [-0.05, 0) is 36.1 Å². The van der Waals surface area contributed by atoms with E-state index in [2.05, 4.69) is 15.6 Å². The van der Waals surface area contributed by atoms with Gasteiger partial charge in [0.15, 0.2) is 0 Å². The quantitative estimate of drug-likeness (QED) is 0.289. The average Bonchev–Trinajstić information content (AvgIpc) is 2.90. The van der Waals surface area contributed by atoms with Crippen LogP contribution in [0, 0.1) is 0 Å². The van der Waals surface area contributed by atoms with Gasteiger partial charge in [-0.3, -0.25) is 14.5 Å². The summed E-state index contributed by atoms with van der Waals surface area (Å²) < 4.78 is 41.5. The number of benzene rings is 2. The molecule has 1 fully saturated rings. The second kappa shape index (κ2) is 12.0. The number of fused-ring (bicyclic) bond motifs is 1. The van der Waals surface area contributed by atoms with E-state index < -0.39 is 30.7 Å². The van der Waals surface area contributed by atoms with Crippen molar-refractivity contribution in [2.75, 3.05) is 19.6 Å². The Morgan fingerprint density at radius 2 is 1.79 bits per heavy atom. The molecule has 2 atom stereocenters. The molecule has 0 spiro atoms. The zero-order chi connectivity index (χ0) is 27.3. The molecule has 8 nitrogen and oxygen atoms in total. The molecule has 38 heavy (non-hydrogen) atoms.